The topological polar surface area (TPSA) is 90.6 Å². The normalized spacial score (nSPS) is 11.7. The number of furan rings is 1. The van der Waals surface area contributed by atoms with Gasteiger partial charge in [0.05, 0.1) is 26.2 Å². The second kappa shape index (κ2) is 9.18. The Morgan fingerprint density at radius 1 is 1.14 bits per heavy atom. The maximum absolute atomic E-state index is 12.4. The molecule has 2 aromatic heterocycles. The molecule has 0 aliphatic rings. The van der Waals surface area contributed by atoms with Gasteiger partial charge in [-0.25, -0.2) is 4.79 Å². The summed E-state index contributed by atoms with van der Waals surface area (Å²) in [4.78, 5) is 12.4. The minimum absolute atomic E-state index is 0.231. The minimum Gasteiger partial charge on any atom is -0.493 e. The number of carbonyl (C=O) groups is 1. The Labute approximate surface area is 169 Å². The Morgan fingerprint density at radius 2 is 1.93 bits per heavy atom. The second-order valence-corrected chi connectivity index (χ2v) is 6.66. The number of hydrogen-bond acceptors (Lipinski definition) is 5. The van der Waals surface area contributed by atoms with Gasteiger partial charge in [-0.1, -0.05) is 6.07 Å². The van der Waals surface area contributed by atoms with Crippen molar-refractivity contribution >= 4 is 6.03 Å². The molecule has 8 nitrogen and oxygen atoms in total. The SMILES string of the molecule is COc1ccc(CNC(=O)NC[C@H](c2ccco2)n2nc(C)cc2C)cc1OC. The third-order valence-electron chi connectivity index (χ3n) is 4.57. The fourth-order valence-corrected chi connectivity index (χ4v) is 3.17. The molecule has 0 saturated heterocycles. The van der Waals surface area contributed by atoms with E-state index in [0.717, 1.165) is 22.7 Å². The first-order valence-electron chi connectivity index (χ1n) is 9.30. The monoisotopic (exact) mass is 398 g/mol. The highest BCUT2D eigenvalue weighted by molar-refractivity contribution is 5.73. The molecule has 154 valence electrons. The van der Waals surface area contributed by atoms with Gasteiger partial charge in [0.25, 0.3) is 0 Å². The molecule has 8 heteroatoms. The van der Waals surface area contributed by atoms with Crippen molar-refractivity contribution in [1.82, 2.24) is 20.4 Å². The van der Waals surface area contributed by atoms with Gasteiger partial charge in [-0.3, -0.25) is 4.68 Å². The van der Waals surface area contributed by atoms with Crippen LogP contribution in [0.25, 0.3) is 0 Å². The van der Waals surface area contributed by atoms with E-state index in [-0.39, 0.29) is 12.1 Å². The van der Waals surface area contributed by atoms with Crippen LogP contribution in [0.2, 0.25) is 0 Å². The Bertz CT molecular complexity index is 950. The molecule has 1 atom stereocenters. The van der Waals surface area contributed by atoms with E-state index in [1.54, 1.807) is 20.5 Å². The van der Waals surface area contributed by atoms with Crippen LogP contribution in [0.5, 0.6) is 11.5 Å². The van der Waals surface area contributed by atoms with Crippen molar-refractivity contribution in [3.05, 3.63) is 65.4 Å². The second-order valence-electron chi connectivity index (χ2n) is 6.66. The number of amides is 2. The Morgan fingerprint density at radius 3 is 2.55 bits per heavy atom. The lowest BCUT2D eigenvalue weighted by molar-refractivity contribution is 0.238. The maximum atomic E-state index is 12.4. The summed E-state index contributed by atoms with van der Waals surface area (Å²) in [6.07, 6.45) is 1.62. The lowest BCUT2D eigenvalue weighted by atomic mass is 10.2. The largest absolute Gasteiger partial charge is 0.493 e. The first-order valence-corrected chi connectivity index (χ1v) is 9.30. The molecule has 2 N–H and O–H groups in total. The van der Waals surface area contributed by atoms with Gasteiger partial charge >= 0.3 is 6.03 Å². The van der Waals surface area contributed by atoms with Gasteiger partial charge in [0.15, 0.2) is 11.5 Å². The number of hydrogen-bond donors (Lipinski definition) is 2. The summed E-state index contributed by atoms with van der Waals surface area (Å²) in [6, 6.07) is 10.7. The quantitative estimate of drug-likeness (QED) is 0.608. The predicted molar refractivity (Wildman–Crippen MR) is 108 cm³/mol. The van der Waals surface area contributed by atoms with Gasteiger partial charge in [-0.2, -0.15) is 5.10 Å². The first kappa shape index (κ1) is 20.3. The number of carbonyl (C=O) groups excluding carboxylic acids is 1. The number of methoxy groups -OCH3 is 2. The number of aryl methyl sites for hydroxylation is 2. The van der Waals surface area contributed by atoms with E-state index in [1.807, 2.05) is 54.9 Å². The molecule has 0 radical (unpaired) electrons. The van der Waals surface area contributed by atoms with Crippen LogP contribution in [0.3, 0.4) is 0 Å². The van der Waals surface area contributed by atoms with E-state index in [9.17, 15) is 4.79 Å². The number of aromatic nitrogens is 2. The highest BCUT2D eigenvalue weighted by Crippen LogP contribution is 2.27. The lowest BCUT2D eigenvalue weighted by Gasteiger charge is -2.18. The number of benzene rings is 1. The molecule has 3 aromatic rings. The molecule has 2 amide bonds. The molecule has 0 aliphatic heterocycles. The fraction of sp³-hybridized carbons (Fsp3) is 0.333. The fourth-order valence-electron chi connectivity index (χ4n) is 3.17. The zero-order chi connectivity index (χ0) is 20.8. The van der Waals surface area contributed by atoms with Gasteiger partial charge in [-0.15, -0.1) is 0 Å². The molecule has 3 rings (SSSR count). The molecule has 0 unspecified atom stereocenters. The zero-order valence-electron chi connectivity index (χ0n) is 17.1. The van der Waals surface area contributed by atoms with Crippen LogP contribution < -0.4 is 20.1 Å². The van der Waals surface area contributed by atoms with Crippen molar-refractivity contribution in [1.29, 1.82) is 0 Å². The summed E-state index contributed by atoms with van der Waals surface area (Å²) in [7, 11) is 3.16. The molecule has 0 fully saturated rings. The molecule has 0 saturated carbocycles. The smallest absolute Gasteiger partial charge is 0.315 e. The lowest BCUT2D eigenvalue weighted by Crippen LogP contribution is -2.39. The van der Waals surface area contributed by atoms with E-state index in [4.69, 9.17) is 13.9 Å². The summed E-state index contributed by atoms with van der Waals surface area (Å²) in [6.45, 7) is 4.61. The Kier molecular flexibility index (Phi) is 6.43. The van der Waals surface area contributed by atoms with Gasteiger partial charge in [0.2, 0.25) is 0 Å². The molecule has 1 aromatic carbocycles. The number of nitrogens with zero attached hydrogens (tertiary/aromatic N) is 2. The average molecular weight is 398 g/mol. The minimum atomic E-state index is -0.280. The molecular weight excluding hydrogens is 372 g/mol. The summed E-state index contributed by atoms with van der Waals surface area (Å²) >= 11 is 0. The van der Waals surface area contributed by atoms with Crippen molar-refractivity contribution in [2.75, 3.05) is 20.8 Å². The summed E-state index contributed by atoms with van der Waals surface area (Å²) in [5.41, 5.74) is 2.81. The summed E-state index contributed by atoms with van der Waals surface area (Å²) in [5, 5.41) is 10.3. The highest BCUT2D eigenvalue weighted by Gasteiger charge is 2.20. The van der Waals surface area contributed by atoms with Gasteiger partial charge in [0.1, 0.15) is 11.8 Å². The van der Waals surface area contributed by atoms with Gasteiger partial charge in [-0.05, 0) is 49.7 Å². The van der Waals surface area contributed by atoms with Crippen LogP contribution in [0.4, 0.5) is 4.79 Å². The number of ether oxygens (including phenoxy) is 2. The van der Waals surface area contributed by atoms with Crippen molar-refractivity contribution in [2.45, 2.75) is 26.4 Å². The molecule has 29 heavy (non-hydrogen) atoms. The van der Waals surface area contributed by atoms with Crippen LogP contribution in [-0.2, 0) is 6.54 Å². The van der Waals surface area contributed by atoms with E-state index in [2.05, 4.69) is 15.7 Å². The van der Waals surface area contributed by atoms with Crippen LogP contribution in [0.15, 0.2) is 47.1 Å². The van der Waals surface area contributed by atoms with Crippen LogP contribution in [0, 0.1) is 13.8 Å². The Hall–Kier alpha value is -3.42. The molecule has 0 bridgehead atoms. The average Bonchev–Trinajstić information content (AvgIpc) is 3.36. The summed E-state index contributed by atoms with van der Waals surface area (Å²) < 4.78 is 18.0. The van der Waals surface area contributed by atoms with Crippen molar-refractivity contribution in [3.63, 3.8) is 0 Å². The Balaban J connectivity index is 1.61. The van der Waals surface area contributed by atoms with E-state index in [0.29, 0.717) is 24.6 Å². The molecule has 2 heterocycles. The third-order valence-corrected chi connectivity index (χ3v) is 4.57. The summed E-state index contributed by atoms with van der Waals surface area (Å²) in [5.74, 6) is 2.00. The maximum Gasteiger partial charge on any atom is 0.315 e. The first-order chi connectivity index (χ1) is 14.0. The van der Waals surface area contributed by atoms with E-state index < -0.39 is 0 Å². The van der Waals surface area contributed by atoms with Crippen LogP contribution in [-0.4, -0.2) is 36.6 Å². The van der Waals surface area contributed by atoms with E-state index >= 15 is 0 Å². The van der Waals surface area contributed by atoms with Crippen molar-refractivity contribution < 1.29 is 18.7 Å². The van der Waals surface area contributed by atoms with Crippen molar-refractivity contribution in [3.8, 4) is 11.5 Å². The number of nitrogens with one attached hydrogen (secondary N) is 2. The highest BCUT2D eigenvalue weighted by atomic mass is 16.5. The van der Waals surface area contributed by atoms with Crippen LogP contribution >= 0.6 is 0 Å². The molecule has 0 spiro atoms. The zero-order valence-corrected chi connectivity index (χ0v) is 17.1. The molecular formula is C21H26N4O4. The number of urea groups is 1. The standard InChI is InChI=1S/C21H26N4O4/c1-14-10-15(2)25(24-14)17(18-6-5-9-29-18)13-23-21(26)22-12-16-7-8-19(27-3)20(11-16)28-4/h5-11,17H,12-13H2,1-4H3,(H2,22,23,26)/t17-/m1/s1. The van der Waals surface area contributed by atoms with Crippen molar-refractivity contribution in [2.24, 2.45) is 0 Å². The van der Waals surface area contributed by atoms with E-state index in [1.165, 1.54) is 0 Å². The predicted octanol–water partition coefficient (Wildman–Crippen LogP) is 3.20. The number of rotatable bonds is 8. The van der Waals surface area contributed by atoms with Gasteiger partial charge < -0.3 is 24.5 Å². The van der Waals surface area contributed by atoms with Gasteiger partial charge in [0, 0.05) is 18.8 Å². The third kappa shape index (κ3) is 4.90. The molecule has 0 aliphatic carbocycles. The van der Waals surface area contributed by atoms with Crippen LogP contribution in [0.1, 0.15) is 28.8 Å².